The van der Waals surface area contributed by atoms with E-state index in [1.54, 1.807) is 7.11 Å². The monoisotopic (exact) mass is 350 g/mol. The minimum absolute atomic E-state index is 0.113. The van der Waals surface area contributed by atoms with Gasteiger partial charge < -0.3 is 9.64 Å². The van der Waals surface area contributed by atoms with E-state index in [0.29, 0.717) is 12.4 Å². The summed E-state index contributed by atoms with van der Waals surface area (Å²) in [7, 11) is 1.70. The average molecular weight is 350 g/mol. The molecule has 0 N–H and O–H groups in total. The zero-order chi connectivity index (χ0) is 17.9. The minimum Gasteiger partial charge on any atom is -0.495 e. The number of allylic oxidation sites excluding steroid dienone is 3. The smallest absolute Gasteiger partial charge is 0.260 e. The van der Waals surface area contributed by atoms with Crippen LogP contribution in [0.25, 0.3) is 0 Å². The molecule has 0 aromatic heterocycles. The van der Waals surface area contributed by atoms with Crippen LogP contribution in [-0.2, 0) is 4.79 Å². The Labute approximate surface area is 153 Å². The molecule has 4 rings (SSSR count). The van der Waals surface area contributed by atoms with Crippen LogP contribution in [-0.4, -0.2) is 62.2 Å². The van der Waals surface area contributed by atoms with Crippen molar-refractivity contribution in [2.45, 2.75) is 0 Å². The molecule has 134 valence electrons. The number of ether oxygens (including phenoxy) is 1. The van der Waals surface area contributed by atoms with Gasteiger partial charge in [-0.2, -0.15) is 4.99 Å². The molecule has 6 heteroatoms. The highest BCUT2D eigenvalue weighted by atomic mass is 16.5. The molecular weight excluding hydrogens is 328 g/mol. The number of amides is 1. The van der Waals surface area contributed by atoms with Crippen molar-refractivity contribution < 1.29 is 9.53 Å². The second-order valence-corrected chi connectivity index (χ2v) is 6.56. The molecule has 0 spiro atoms. The van der Waals surface area contributed by atoms with Crippen molar-refractivity contribution in [3.63, 3.8) is 0 Å². The summed E-state index contributed by atoms with van der Waals surface area (Å²) in [5.74, 6) is 1.11. The molecular formula is C20H22N4O2. The summed E-state index contributed by atoms with van der Waals surface area (Å²) >= 11 is 0. The van der Waals surface area contributed by atoms with Gasteiger partial charge in [-0.25, -0.2) is 4.99 Å². The number of hydrogen-bond acceptors (Lipinski definition) is 5. The molecule has 1 unspecified atom stereocenters. The van der Waals surface area contributed by atoms with Gasteiger partial charge in [-0.1, -0.05) is 30.4 Å². The lowest BCUT2D eigenvalue weighted by Crippen LogP contribution is -2.48. The van der Waals surface area contributed by atoms with E-state index < -0.39 is 0 Å². The highest BCUT2D eigenvalue weighted by molar-refractivity contribution is 6.21. The maximum absolute atomic E-state index is 12.2. The van der Waals surface area contributed by atoms with Crippen LogP contribution in [0.15, 0.2) is 58.6 Å². The third kappa shape index (κ3) is 3.32. The Kier molecular flexibility index (Phi) is 4.67. The standard InChI is InChI=1S/C20H22N4O2/c1-26-18-9-5-4-8-17(18)24-12-10-23(11-13-24)14-19-21-16-7-3-2-6-15(16)20(25)22-19/h2-9,15H,10-14H2,1H3. The summed E-state index contributed by atoms with van der Waals surface area (Å²) in [6.07, 6.45) is 7.54. The second-order valence-electron chi connectivity index (χ2n) is 6.56. The molecule has 0 radical (unpaired) electrons. The summed E-state index contributed by atoms with van der Waals surface area (Å²) < 4.78 is 5.47. The average Bonchev–Trinajstić information content (AvgIpc) is 2.69. The van der Waals surface area contributed by atoms with Crippen LogP contribution >= 0.6 is 0 Å². The van der Waals surface area contributed by atoms with E-state index in [1.807, 2.05) is 42.5 Å². The molecule has 2 aliphatic heterocycles. The number of amidine groups is 1. The molecule has 1 atom stereocenters. The number of fused-ring (bicyclic) bond motifs is 1. The Morgan fingerprint density at radius 1 is 1.12 bits per heavy atom. The van der Waals surface area contributed by atoms with Crippen LogP contribution in [0.1, 0.15) is 0 Å². The number of benzene rings is 1. The number of rotatable bonds is 4. The zero-order valence-electron chi connectivity index (χ0n) is 14.8. The number of methoxy groups -OCH3 is 1. The second kappa shape index (κ2) is 7.25. The molecule has 6 nitrogen and oxygen atoms in total. The van der Waals surface area contributed by atoms with Crippen molar-refractivity contribution in [1.29, 1.82) is 0 Å². The Morgan fingerprint density at radius 3 is 2.73 bits per heavy atom. The summed E-state index contributed by atoms with van der Waals surface area (Å²) in [5.41, 5.74) is 1.93. The third-order valence-electron chi connectivity index (χ3n) is 4.93. The van der Waals surface area contributed by atoms with E-state index in [0.717, 1.165) is 43.3 Å². The SMILES string of the molecule is COc1ccccc1N1CCN(CC2=NC(=O)C3C=CC=CC3=N2)CC1. The van der Waals surface area contributed by atoms with Gasteiger partial charge in [-0.3, -0.25) is 9.69 Å². The van der Waals surface area contributed by atoms with Gasteiger partial charge in [0.1, 0.15) is 17.5 Å². The Morgan fingerprint density at radius 2 is 1.92 bits per heavy atom. The lowest BCUT2D eigenvalue weighted by Gasteiger charge is -2.36. The van der Waals surface area contributed by atoms with Gasteiger partial charge in [-0.05, 0) is 18.2 Å². The van der Waals surface area contributed by atoms with Gasteiger partial charge in [0.25, 0.3) is 5.91 Å². The lowest BCUT2D eigenvalue weighted by molar-refractivity contribution is -0.118. The van der Waals surface area contributed by atoms with Gasteiger partial charge >= 0.3 is 0 Å². The Hall–Kier alpha value is -2.73. The first kappa shape index (κ1) is 16.7. The summed E-state index contributed by atoms with van der Waals surface area (Å²) in [6.45, 7) is 4.22. The number of para-hydroxylation sites is 2. The number of carbonyl (C=O) groups excluding carboxylic acids is 1. The number of piperazine rings is 1. The molecule has 2 heterocycles. The highest BCUT2D eigenvalue weighted by Gasteiger charge is 2.27. The predicted molar refractivity (Wildman–Crippen MR) is 103 cm³/mol. The van der Waals surface area contributed by atoms with E-state index in [1.165, 1.54) is 0 Å². The van der Waals surface area contributed by atoms with E-state index >= 15 is 0 Å². The predicted octanol–water partition coefficient (Wildman–Crippen LogP) is 1.94. The molecule has 1 amide bonds. The highest BCUT2D eigenvalue weighted by Crippen LogP contribution is 2.28. The van der Waals surface area contributed by atoms with Crippen LogP contribution in [0.5, 0.6) is 5.75 Å². The van der Waals surface area contributed by atoms with Crippen LogP contribution in [0.2, 0.25) is 0 Å². The molecule has 1 aromatic carbocycles. The zero-order valence-corrected chi connectivity index (χ0v) is 14.8. The van der Waals surface area contributed by atoms with Gasteiger partial charge in [0, 0.05) is 26.2 Å². The molecule has 3 aliphatic rings. The fourth-order valence-electron chi connectivity index (χ4n) is 3.53. The minimum atomic E-state index is -0.300. The number of anilines is 1. The van der Waals surface area contributed by atoms with Crippen molar-refractivity contribution in [3.8, 4) is 5.75 Å². The largest absolute Gasteiger partial charge is 0.495 e. The number of aliphatic imine (C=N–C) groups is 2. The van der Waals surface area contributed by atoms with Gasteiger partial charge in [0.2, 0.25) is 0 Å². The number of hydrogen-bond donors (Lipinski definition) is 0. The first-order valence-electron chi connectivity index (χ1n) is 8.90. The van der Waals surface area contributed by atoms with E-state index in [2.05, 4.69) is 25.9 Å². The fraction of sp³-hybridized carbons (Fsp3) is 0.350. The molecule has 1 saturated heterocycles. The van der Waals surface area contributed by atoms with Crippen LogP contribution in [0.4, 0.5) is 5.69 Å². The van der Waals surface area contributed by atoms with Crippen LogP contribution in [0, 0.1) is 5.92 Å². The quantitative estimate of drug-likeness (QED) is 0.833. The van der Waals surface area contributed by atoms with Crippen molar-refractivity contribution in [1.82, 2.24) is 4.90 Å². The first-order chi connectivity index (χ1) is 12.7. The van der Waals surface area contributed by atoms with Crippen molar-refractivity contribution in [2.24, 2.45) is 15.9 Å². The van der Waals surface area contributed by atoms with E-state index in [-0.39, 0.29) is 11.8 Å². The van der Waals surface area contributed by atoms with Crippen molar-refractivity contribution in [3.05, 3.63) is 48.6 Å². The maximum atomic E-state index is 12.2. The van der Waals surface area contributed by atoms with Gasteiger partial charge in [0.15, 0.2) is 0 Å². The molecule has 1 fully saturated rings. The Balaban J connectivity index is 1.39. The normalized spacial score (nSPS) is 22.7. The molecule has 1 aliphatic carbocycles. The first-order valence-corrected chi connectivity index (χ1v) is 8.90. The number of carbonyl (C=O) groups is 1. The molecule has 1 aromatic rings. The lowest BCUT2D eigenvalue weighted by atomic mass is 9.96. The Bertz CT molecular complexity index is 817. The van der Waals surface area contributed by atoms with E-state index in [9.17, 15) is 4.79 Å². The summed E-state index contributed by atoms with van der Waals surface area (Å²) in [4.78, 5) is 25.6. The molecule has 0 saturated carbocycles. The van der Waals surface area contributed by atoms with Gasteiger partial charge in [-0.15, -0.1) is 0 Å². The van der Waals surface area contributed by atoms with Crippen LogP contribution in [0.3, 0.4) is 0 Å². The summed E-state index contributed by atoms with van der Waals surface area (Å²) in [5, 5.41) is 0. The van der Waals surface area contributed by atoms with E-state index in [4.69, 9.17) is 4.74 Å². The van der Waals surface area contributed by atoms with Crippen molar-refractivity contribution >= 4 is 23.1 Å². The number of nitrogens with zero attached hydrogens (tertiary/aromatic N) is 4. The van der Waals surface area contributed by atoms with Crippen molar-refractivity contribution in [2.75, 3.05) is 44.7 Å². The third-order valence-corrected chi connectivity index (χ3v) is 4.93. The van der Waals surface area contributed by atoms with Crippen LogP contribution < -0.4 is 9.64 Å². The summed E-state index contributed by atoms with van der Waals surface area (Å²) in [6, 6.07) is 8.10. The maximum Gasteiger partial charge on any atom is 0.260 e. The topological polar surface area (TPSA) is 57.5 Å². The fourth-order valence-corrected chi connectivity index (χ4v) is 3.53. The van der Waals surface area contributed by atoms with Gasteiger partial charge in [0.05, 0.1) is 25.1 Å². The molecule has 0 bridgehead atoms. The molecule has 26 heavy (non-hydrogen) atoms.